The summed E-state index contributed by atoms with van der Waals surface area (Å²) in [5, 5.41) is 14.4. The molecule has 2 rings (SSSR count). The second kappa shape index (κ2) is 9.41. The van der Waals surface area contributed by atoms with Gasteiger partial charge in [-0.3, -0.25) is 19.6 Å². The highest BCUT2D eigenvalue weighted by molar-refractivity contribution is 8.00. The number of rotatable bonds is 9. The summed E-state index contributed by atoms with van der Waals surface area (Å²) in [4.78, 5) is 23.5. The molecule has 1 aromatic carbocycles. The van der Waals surface area contributed by atoms with E-state index in [2.05, 4.69) is 10.0 Å². The average molecular weight is 416 g/mol. The lowest BCUT2D eigenvalue weighted by Crippen LogP contribution is -2.15. The third-order valence-corrected chi connectivity index (χ3v) is 6.20. The summed E-state index contributed by atoms with van der Waals surface area (Å²) in [5.41, 5.74) is 0.0215. The number of anilines is 2. The van der Waals surface area contributed by atoms with Crippen LogP contribution in [0.5, 0.6) is 0 Å². The Labute approximate surface area is 163 Å². The summed E-state index contributed by atoms with van der Waals surface area (Å²) in [7, 11) is -3.57. The van der Waals surface area contributed by atoms with E-state index in [4.69, 9.17) is 0 Å². The molecule has 8 nitrogen and oxygen atoms in total. The van der Waals surface area contributed by atoms with E-state index in [1.54, 1.807) is 0 Å². The number of benzene rings is 1. The maximum absolute atomic E-state index is 12.0. The van der Waals surface area contributed by atoms with Crippen molar-refractivity contribution in [2.75, 3.05) is 16.3 Å². The molecule has 0 spiro atoms. The lowest BCUT2D eigenvalue weighted by Gasteiger charge is -2.16. The van der Waals surface area contributed by atoms with Crippen molar-refractivity contribution in [2.24, 2.45) is 0 Å². The Kier molecular flexibility index (Phi) is 7.49. The van der Waals surface area contributed by atoms with E-state index in [0.717, 1.165) is 38.4 Å². The van der Waals surface area contributed by atoms with Crippen LogP contribution in [0.3, 0.4) is 0 Å². The van der Waals surface area contributed by atoms with Gasteiger partial charge in [-0.05, 0) is 25.3 Å². The highest BCUT2D eigenvalue weighted by Gasteiger charge is 2.24. The molecule has 0 atom stereocenters. The summed E-state index contributed by atoms with van der Waals surface area (Å²) >= 11 is 1.45. The van der Waals surface area contributed by atoms with Gasteiger partial charge in [-0.15, -0.1) is 11.8 Å². The number of nitro groups is 1. The average Bonchev–Trinajstić information content (AvgIpc) is 3.06. The fraction of sp³-hybridized carbons (Fsp3) is 0.588. The SMILES string of the molecule is CCCCC(=O)Nc1cc(NS(C)(=O)=O)c(SC2CCCC2)cc1[N+](=O)[O-]. The Bertz CT molecular complexity index is 805. The van der Waals surface area contributed by atoms with Crippen LogP contribution >= 0.6 is 11.8 Å². The second-order valence-corrected chi connectivity index (χ2v) is 9.76. The summed E-state index contributed by atoms with van der Waals surface area (Å²) in [5.74, 6) is -0.332. The van der Waals surface area contributed by atoms with Gasteiger partial charge in [0.2, 0.25) is 15.9 Å². The van der Waals surface area contributed by atoms with Crippen LogP contribution in [-0.4, -0.2) is 30.8 Å². The zero-order valence-corrected chi connectivity index (χ0v) is 17.1. The lowest BCUT2D eigenvalue weighted by molar-refractivity contribution is -0.384. The molecule has 0 saturated heterocycles. The van der Waals surface area contributed by atoms with Gasteiger partial charge in [-0.25, -0.2) is 8.42 Å². The molecule has 10 heteroatoms. The van der Waals surface area contributed by atoms with Gasteiger partial charge in [-0.2, -0.15) is 0 Å². The summed E-state index contributed by atoms with van der Waals surface area (Å²) in [6, 6.07) is 2.70. The second-order valence-electron chi connectivity index (χ2n) is 6.67. The third kappa shape index (κ3) is 6.69. The van der Waals surface area contributed by atoms with Crippen LogP contribution in [0.15, 0.2) is 17.0 Å². The molecule has 27 heavy (non-hydrogen) atoms. The molecule has 1 saturated carbocycles. The minimum Gasteiger partial charge on any atom is -0.320 e. The maximum atomic E-state index is 12.0. The molecule has 1 amide bonds. The smallest absolute Gasteiger partial charge is 0.294 e. The Hall–Kier alpha value is -1.81. The quantitative estimate of drug-likeness (QED) is 0.462. The first-order valence-corrected chi connectivity index (χ1v) is 11.7. The predicted octanol–water partition coefficient (Wildman–Crippen LogP) is 4.13. The highest BCUT2D eigenvalue weighted by atomic mass is 32.2. The van der Waals surface area contributed by atoms with Crippen molar-refractivity contribution in [3.05, 3.63) is 22.2 Å². The third-order valence-electron chi connectivity index (χ3n) is 4.22. The van der Waals surface area contributed by atoms with Crippen molar-refractivity contribution in [3.8, 4) is 0 Å². The number of nitrogens with zero attached hydrogens (tertiary/aromatic N) is 1. The van der Waals surface area contributed by atoms with Crippen LogP contribution in [0.2, 0.25) is 0 Å². The van der Waals surface area contributed by atoms with Crippen molar-refractivity contribution < 1.29 is 18.1 Å². The van der Waals surface area contributed by atoms with E-state index in [-0.39, 0.29) is 29.4 Å². The number of carbonyl (C=O) groups excluding carboxylic acids is 1. The number of amides is 1. The normalized spacial score (nSPS) is 14.9. The van der Waals surface area contributed by atoms with E-state index in [1.807, 2.05) is 6.92 Å². The standard InChI is InChI=1S/C17H25N3O5S2/c1-3-4-9-17(21)18-13-10-14(19-27(2,24)25)16(11-15(13)20(22)23)26-12-7-5-6-8-12/h10-12,19H,3-9H2,1-2H3,(H,18,21). The van der Waals surface area contributed by atoms with Crippen LogP contribution in [0.4, 0.5) is 17.1 Å². The Balaban J connectivity index is 2.40. The molecule has 0 aliphatic heterocycles. The summed E-state index contributed by atoms with van der Waals surface area (Å²) in [6.45, 7) is 1.94. The number of nitro benzene ring substituents is 1. The molecule has 1 aliphatic rings. The summed E-state index contributed by atoms with van der Waals surface area (Å²) in [6.07, 6.45) is 6.95. The van der Waals surface area contributed by atoms with E-state index in [9.17, 15) is 23.3 Å². The first-order chi connectivity index (χ1) is 12.7. The van der Waals surface area contributed by atoms with Gasteiger partial charge < -0.3 is 5.32 Å². The molecule has 0 bridgehead atoms. The van der Waals surface area contributed by atoms with Crippen LogP contribution in [0.1, 0.15) is 51.9 Å². The lowest BCUT2D eigenvalue weighted by atomic mass is 10.2. The van der Waals surface area contributed by atoms with E-state index in [1.165, 1.54) is 23.9 Å². The van der Waals surface area contributed by atoms with Crippen LogP contribution in [0.25, 0.3) is 0 Å². The molecular weight excluding hydrogens is 390 g/mol. The van der Waals surface area contributed by atoms with Crippen LogP contribution in [-0.2, 0) is 14.8 Å². The number of carbonyl (C=O) groups is 1. The molecule has 0 unspecified atom stereocenters. The van der Waals surface area contributed by atoms with E-state index < -0.39 is 14.9 Å². The van der Waals surface area contributed by atoms with E-state index >= 15 is 0 Å². The molecule has 1 fully saturated rings. The fourth-order valence-corrected chi connectivity index (χ4v) is 4.91. The predicted molar refractivity (Wildman–Crippen MR) is 108 cm³/mol. The number of hydrogen-bond acceptors (Lipinski definition) is 6. The largest absolute Gasteiger partial charge is 0.320 e. The van der Waals surface area contributed by atoms with Crippen molar-refractivity contribution in [1.82, 2.24) is 0 Å². The first kappa shape index (κ1) is 21.5. The molecule has 0 heterocycles. The maximum Gasteiger partial charge on any atom is 0.294 e. The zero-order valence-electron chi connectivity index (χ0n) is 15.5. The van der Waals surface area contributed by atoms with Crippen molar-refractivity contribution >= 4 is 44.8 Å². The first-order valence-electron chi connectivity index (χ1n) is 8.96. The van der Waals surface area contributed by atoms with Crippen LogP contribution in [0, 0.1) is 10.1 Å². The molecule has 0 radical (unpaired) electrons. The number of nitrogens with one attached hydrogen (secondary N) is 2. The Morgan fingerprint density at radius 2 is 1.96 bits per heavy atom. The molecular formula is C17H25N3O5S2. The number of sulfonamides is 1. The topological polar surface area (TPSA) is 118 Å². The molecule has 0 aromatic heterocycles. The van der Waals surface area contributed by atoms with E-state index in [0.29, 0.717) is 16.6 Å². The van der Waals surface area contributed by atoms with Gasteiger partial charge in [0.15, 0.2) is 0 Å². The number of hydrogen-bond donors (Lipinski definition) is 2. The highest BCUT2D eigenvalue weighted by Crippen LogP contribution is 2.42. The monoisotopic (exact) mass is 415 g/mol. The Morgan fingerprint density at radius 1 is 1.30 bits per heavy atom. The minimum absolute atomic E-state index is 0.00280. The zero-order chi connectivity index (χ0) is 20.0. The minimum atomic E-state index is -3.57. The van der Waals surface area contributed by atoms with Gasteiger partial charge in [-0.1, -0.05) is 26.2 Å². The number of unbranched alkanes of at least 4 members (excludes halogenated alkanes) is 1. The van der Waals surface area contributed by atoms with Gasteiger partial charge in [0.25, 0.3) is 5.69 Å². The van der Waals surface area contributed by atoms with Crippen molar-refractivity contribution in [3.63, 3.8) is 0 Å². The van der Waals surface area contributed by atoms with Crippen LogP contribution < -0.4 is 10.0 Å². The number of thioether (sulfide) groups is 1. The van der Waals surface area contributed by atoms with Gasteiger partial charge in [0, 0.05) is 22.6 Å². The van der Waals surface area contributed by atoms with Crippen molar-refractivity contribution in [1.29, 1.82) is 0 Å². The van der Waals surface area contributed by atoms with Gasteiger partial charge in [0.05, 0.1) is 16.9 Å². The molecule has 1 aromatic rings. The van der Waals surface area contributed by atoms with Crippen molar-refractivity contribution in [2.45, 2.75) is 62.0 Å². The molecule has 2 N–H and O–H groups in total. The van der Waals surface area contributed by atoms with Gasteiger partial charge >= 0.3 is 0 Å². The summed E-state index contributed by atoms with van der Waals surface area (Å²) < 4.78 is 25.9. The van der Waals surface area contributed by atoms with Gasteiger partial charge in [0.1, 0.15) is 5.69 Å². The molecule has 1 aliphatic carbocycles. The Morgan fingerprint density at radius 3 is 2.52 bits per heavy atom. The molecule has 150 valence electrons. The fourth-order valence-electron chi connectivity index (χ4n) is 2.93.